The van der Waals surface area contributed by atoms with Gasteiger partial charge in [0.05, 0.1) is 17.8 Å². The minimum atomic E-state index is -0.470. The largest absolute Gasteiger partial charge is 0.295 e. The Labute approximate surface area is 140 Å². The SMILES string of the molecule is O=c1ccc([N+](=O)[O-])cn1CN1CCC(Cc2ccccc2)CC1. The van der Waals surface area contributed by atoms with Crippen LogP contribution in [0, 0.1) is 16.0 Å². The first kappa shape index (κ1) is 16.4. The minimum absolute atomic E-state index is 0.0476. The highest BCUT2D eigenvalue weighted by Crippen LogP contribution is 2.22. The van der Waals surface area contributed by atoms with Crippen molar-refractivity contribution in [2.24, 2.45) is 5.92 Å². The number of nitrogens with zero attached hydrogens (tertiary/aromatic N) is 3. The van der Waals surface area contributed by atoms with Gasteiger partial charge in [-0.15, -0.1) is 0 Å². The summed E-state index contributed by atoms with van der Waals surface area (Å²) < 4.78 is 1.43. The van der Waals surface area contributed by atoms with Gasteiger partial charge in [0.25, 0.3) is 11.2 Å². The number of aromatic nitrogens is 1. The lowest BCUT2D eigenvalue weighted by Crippen LogP contribution is -2.38. The van der Waals surface area contributed by atoms with Crippen LogP contribution in [0.2, 0.25) is 0 Å². The number of hydrogen-bond acceptors (Lipinski definition) is 4. The summed E-state index contributed by atoms with van der Waals surface area (Å²) in [6, 6.07) is 13.0. The molecule has 2 heterocycles. The summed E-state index contributed by atoms with van der Waals surface area (Å²) in [6.07, 6.45) is 4.58. The molecule has 1 fully saturated rings. The quantitative estimate of drug-likeness (QED) is 0.625. The number of nitro groups is 1. The maximum Gasteiger partial charge on any atom is 0.285 e. The number of pyridine rings is 1. The number of piperidine rings is 1. The van der Waals surface area contributed by atoms with E-state index in [1.54, 1.807) is 0 Å². The van der Waals surface area contributed by atoms with Crippen LogP contribution >= 0.6 is 0 Å². The molecule has 0 unspecified atom stereocenters. The monoisotopic (exact) mass is 327 g/mol. The summed E-state index contributed by atoms with van der Waals surface area (Å²) in [5.74, 6) is 0.658. The third-order valence-corrected chi connectivity index (χ3v) is 4.61. The van der Waals surface area contributed by atoms with Gasteiger partial charge in [-0.25, -0.2) is 0 Å². The van der Waals surface area contributed by atoms with Gasteiger partial charge in [0, 0.05) is 25.2 Å². The van der Waals surface area contributed by atoms with Crippen LogP contribution in [0.1, 0.15) is 18.4 Å². The lowest BCUT2D eigenvalue weighted by atomic mass is 9.90. The van der Waals surface area contributed by atoms with E-state index in [0.29, 0.717) is 12.6 Å². The minimum Gasteiger partial charge on any atom is -0.295 e. The van der Waals surface area contributed by atoms with Crippen molar-refractivity contribution in [2.75, 3.05) is 13.1 Å². The van der Waals surface area contributed by atoms with Gasteiger partial charge in [-0.05, 0) is 30.7 Å². The molecule has 6 nitrogen and oxygen atoms in total. The number of likely N-dealkylation sites (tertiary alicyclic amines) is 1. The second kappa shape index (κ2) is 7.40. The van der Waals surface area contributed by atoms with E-state index < -0.39 is 4.92 Å². The fraction of sp³-hybridized carbons (Fsp3) is 0.389. The van der Waals surface area contributed by atoms with Crippen molar-refractivity contribution in [1.29, 1.82) is 0 Å². The van der Waals surface area contributed by atoms with Gasteiger partial charge < -0.3 is 0 Å². The van der Waals surface area contributed by atoms with E-state index >= 15 is 0 Å². The second-order valence-corrected chi connectivity index (χ2v) is 6.34. The molecule has 24 heavy (non-hydrogen) atoms. The maximum atomic E-state index is 11.9. The topological polar surface area (TPSA) is 68.4 Å². The average molecular weight is 327 g/mol. The molecule has 0 saturated carbocycles. The highest BCUT2D eigenvalue weighted by molar-refractivity contribution is 5.24. The fourth-order valence-electron chi connectivity index (χ4n) is 3.23. The van der Waals surface area contributed by atoms with Crippen molar-refractivity contribution >= 4 is 5.69 Å². The predicted molar refractivity (Wildman–Crippen MR) is 91.8 cm³/mol. The van der Waals surface area contributed by atoms with E-state index in [4.69, 9.17) is 0 Å². The molecule has 3 rings (SSSR count). The molecule has 1 aromatic heterocycles. The van der Waals surface area contributed by atoms with Gasteiger partial charge in [-0.2, -0.15) is 0 Å². The summed E-state index contributed by atoms with van der Waals surface area (Å²) in [4.78, 5) is 24.5. The Morgan fingerprint density at radius 3 is 2.46 bits per heavy atom. The van der Waals surface area contributed by atoms with E-state index in [9.17, 15) is 14.9 Å². The Bertz CT molecular complexity index is 750. The van der Waals surface area contributed by atoms with Crippen molar-refractivity contribution in [3.8, 4) is 0 Å². The van der Waals surface area contributed by atoms with Crippen molar-refractivity contribution < 1.29 is 4.92 Å². The van der Waals surface area contributed by atoms with E-state index in [2.05, 4.69) is 29.2 Å². The summed E-state index contributed by atoms with van der Waals surface area (Å²) in [7, 11) is 0. The third-order valence-electron chi connectivity index (χ3n) is 4.61. The summed E-state index contributed by atoms with van der Waals surface area (Å²) in [5.41, 5.74) is 1.12. The molecule has 0 aliphatic carbocycles. The molecule has 1 aliphatic rings. The highest BCUT2D eigenvalue weighted by Gasteiger charge is 2.20. The van der Waals surface area contributed by atoms with Crippen molar-refractivity contribution in [2.45, 2.75) is 25.9 Å². The zero-order valence-corrected chi connectivity index (χ0v) is 13.5. The maximum absolute atomic E-state index is 11.9. The number of benzene rings is 1. The molecule has 0 N–H and O–H groups in total. The normalized spacial score (nSPS) is 16.2. The zero-order chi connectivity index (χ0) is 16.9. The molecule has 0 atom stereocenters. The van der Waals surface area contributed by atoms with E-state index in [-0.39, 0.29) is 11.2 Å². The van der Waals surface area contributed by atoms with Crippen LogP contribution in [0.15, 0.2) is 53.5 Å². The summed E-state index contributed by atoms with van der Waals surface area (Å²) >= 11 is 0. The van der Waals surface area contributed by atoms with Gasteiger partial charge in [-0.3, -0.25) is 24.4 Å². The van der Waals surface area contributed by atoms with Crippen molar-refractivity contribution in [3.05, 3.63) is 74.7 Å². The van der Waals surface area contributed by atoms with Gasteiger partial charge in [0.2, 0.25) is 0 Å². The van der Waals surface area contributed by atoms with Crippen LogP contribution in [-0.4, -0.2) is 27.5 Å². The molecule has 2 aromatic rings. The van der Waals surface area contributed by atoms with Crippen LogP contribution in [0.25, 0.3) is 0 Å². The van der Waals surface area contributed by atoms with Crippen LogP contribution in [0.4, 0.5) is 5.69 Å². The zero-order valence-electron chi connectivity index (χ0n) is 13.5. The first-order chi connectivity index (χ1) is 11.6. The molecule has 6 heteroatoms. The molecule has 126 valence electrons. The fourth-order valence-corrected chi connectivity index (χ4v) is 3.23. The lowest BCUT2D eigenvalue weighted by molar-refractivity contribution is -0.385. The van der Waals surface area contributed by atoms with Crippen molar-refractivity contribution in [3.63, 3.8) is 0 Å². The predicted octanol–water partition coefficient (Wildman–Crippen LogP) is 2.67. The molecular weight excluding hydrogens is 306 g/mol. The summed E-state index contributed by atoms with van der Waals surface area (Å²) in [5, 5.41) is 10.8. The summed E-state index contributed by atoms with van der Waals surface area (Å²) in [6.45, 7) is 2.23. The van der Waals surface area contributed by atoms with Crippen LogP contribution in [-0.2, 0) is 13.1 Å². The van der Waals surface area contributed by atoms with E-state index in [1.807, 2.05) is 6.07 Å². The average Bonchev–Trinajstić information content (AvgIpc) is 2.59. The molecule has 0 amide bonds. The molecular formula is C18H21N3O3. The molecule has 0 spiro atoms. The van der Waals surface area contributed by atoms with Gasteiger partial charge >= 0.3 is 0 Å². The van der Waals surface area contributed by atoms with Gasteiger partial charge in [0.15, 0.2) is 0 Å². The standard InChI is InChI=1S/C18H21N3O3/c22-18-7-6-17(21(23)24)13-20(18)14-19-10-8-16(9-11-19)12-15-4-2-1-3-5-15/h1-7,13,16H,8-12,14H2. The van der Waals surface area contributed by atoms with Crippen molar-refractivity contribution in [1.82, 2.24) is 9.47 Å². The molecule has 0 radical (unpaired) electrons. The lowest BCUT2D eigenvalue weighted by Gasteiger charge is -2.32. The third kappa shape index (κ3) is 4.08. The highest BCUT2D eigenvalue weighted by atomic mass is 16.6. The van der Waals surface area contributed by atoms with E-state index in [1.165, 1.54) is 28.5 Å². The molecule has 1 aliphatic heterocycles. The molecule has 1 saturated heterocycles. The number of hydrogen-bond donors (Lipinski definition) is 0. The Balaban J connectivity index is 1.57. The smallest absolute Gasteiger partial charge is 0.285 e. The Morgan fingerprint density at radius 2 is 1.79 bits per heavy atom. The Kier molecular flexibility index (Phi) is 5.05. The first-order valence-corrected chi connectivity index (χ1v) is 8.23. The van der Waals surface area contributed by atoms with Crippen LogP contribution in [0.3, 0.4) is 0 Å². The first-order valence-electron chi connectivity index (χ1n) is 8.23. The second-order valence-electron chi connectivity index (χ2n) is 6.34. The Hall–Kier alpha value is -2.47. The van der Waals surface area contributed by atoms with E-state index in [0.717, 1.165) is 32.4 Å². The molecule has 1 aromatic carbocycles. The molecule has 0 bridgehead atoms. The van der Waals surface area contributed by atoms with Crippen LogP contribution < -0.4 is 5.56 Å². The van der Waals surface area contributed by atoms with Gasteiger partial charge in [-0.1, -0.05) is 30.3 Å². The van der Waals surface area contributed by atoms with Crippen LogP contribution in [0.5, 0.6) is 0 Å². The Morgan fingerprint density at radius 1 is 1.08 bits per heavy atom. The van der Waals surface area contributed by atoms with Gasteiger partial charge in [0.1, 0.15) is 0 Å². The number of rotatable bonds is 5.